The van der Waals surface area contributed by atoms with Crippen LogP contribution in [0, 0.1) is 6.92 Å². The normalized spacial score (nSPS) is 16.3. The van der Waals surface area contributed by atoms with Crippen LogP contribution in [0.1, 0.15) is 24.2 Å². The van der Waals surface area contributed by atoms with Crippen LogP contribution in [0.25, 0.3) is 11.0 Å². The molecule has 0 spiro atoms. The largest absolute Gasteiger partial charge is 0.423 e. The van der Waals surface area contributed by atoms with Crippen molar-refractivity contribution in [1.29, 1.82) is 0 Å². The van der Waals surface area contributed by atoms with Gasteiger partial charge in [-0.3, -0.25) is 9.59 Å². The van der Waals surface area contributed by atoms with Crippen molar-refractivity contribution in [2.45, 2.75) is 38.2 Å². The number of hydrogen-bond donors (Lipinski definition) is 5. The zero-order valence-corrected chi connectivity index (χ0v) is 14.5. The molecule has 0 radical (unpaired) electrons. The lowest BCUT2D eigenvalue weighted by Crippen LogP contribution is -2.55. The lowest BCUT2D eigenvalue weighted by atomic mass is 9.93. The smallest absolute Gasteiger partial charge is 0.336 e. The maximum absolute atomic E-state index is 12.9. The van der Waals surface area contributed by atoms with E-state index in [0.717, 1.165) is 0 Å². The summed E-state index contributed by atoms with van der Waals surface area (Å²) in [5.41, 5.74) is 0.0918. The van der Waals surface area contributed by atoms with Gasteiger partial charge in [0.1, 0.15) is 29.9 Å². The van der Waals surface area contributed by atoms with Gasteiger partial charge in [-0.2, -0.15) is 0 Å². The van der Waals surface area contributed by atoms with Crippen LogP contribution in [0.5, 0.6) is 0 Å². The monoisotopic (exact) mass is 380 g/mol. The molecule has 1 aromatic carbocycles. The molecule has 1 amide bonds. The number of carbonyl (C=O) groups excluding carboxylic acids is 2. The molecule has 1 aromatic heterocycles. The average molecular weight is 380 g/mol. The van der Waals surface area contributed by atoms with Crippen molar-refractivity contribution in [1.82, 2.24) is 5.32 Å². The number of aryl methyl sites for hydroxylation is 1. The summed E-state index contributed by atoms with van der Waals surface area (Å²) in [5, 5.41) is 41.3. The molecule has 1 heterocycles. The number of amides is 1. The number of nitrogens with one attached hydrogen (secondary N) is 1. The second-order valence-corrected chi connectivity index (χ2v) is 6.10. The molecule has 0 aliphatic carbocycles. The number of benzene rings is 1. The summed E-state index contributed by atoms with van der Waals surface area (Å²) in [6.07, 6.45) is -5.66. The molecule has 0 fully saturated rings. The molecule has 146 valence electrons. The number of rotatable bonds is 7. The van der Waals surface area contributed by atoms with Gasteiger partial charge < -0.3 is 30.2 Å². The highest BCUT2D eigenvalue weighted by Gasteiger charge is 2.36. The quantitative estimate of drug-likeness (QED) is 0.298. The molecule has 0 unspecified atom stereocenters. The number of aliphatic hydroxyl groups excluding tert-OH is 4. The molecule has 2 rings (SSSR count). The first kappa shape index (κ1) is 19.2. The maximum atomic E-state index is 12.9. The fraction of sp³-hybridized carbons (Fsp3) is 0.389. The van der Waals surface area contributed by atoms with Gasteiger partial charge in [0, 0.05) is 25.3 Å². The molecule has 0 aliphatic rings. The second kappa shape index (κ2) is 8.40. The van der Waals surface area contributed by atoms with Crippen LogP contribution < -0.4 is 10.9 Å². The number of ketones is 1. The van der Waals surface area contributed by atoms with E-state index in [2.05, 4.69) is 5.32 Å². The zero-order valence-electron chi connectivity index (χ0n) is 15.5. The summed E-state index contributed by atoms with van der Waals surface area (Å²) >= 11 is 0. The first-order chi connectivity index (χ1) is 13.2. The third kappa shape index (κ3) is 4.58. The van der Waals surface area contributed by atoms with Crippen LogP contribution in [0.4, 0.5) is 0 Å². The van der Waals surface area contributed by atoms with Gasteiger partial charge in [-0.25, -0.2) is 4.79 Å². The molecular weight excluding hydrogens is 358 g/mol. The molecule has 0 saturated carbocycles. The van der Waals surface area contributed by atoms with Gasteiger partial charge in [-0.15, -0.1) is 0 Å². The summed E-state index contributed by atoms with van der Waals surface area (Å²) in [6, 6.07) is 3.75. The molecule has 2 aromatic rings. The van der Waals surface area contributed by atoms with Crippen LogP contribution in [0.2, 0.25) is 0 Å². The second-order valence-electron chi connectivity index (χ2n) is 6.10. The Balaban J connectivity index is 2.44. The van der Waals surface area contributed by atoms with Gasteiger partial charge >= 0.3 is 5.63 Å². The fourth-order valence-electron chi connectivity index (χ4n) is 2.67. The lowest BCUT2D eigenvalue weighted by Gasteiger charge is -2.28. The van der Waals surface area contributed by atoms with Crippen molar-refractivity contribution in [2.75, 3.05) is 6.61 Å². The molecule has 9 nitrogen and oxygen atoms in total. The first-order valence-corrected chi connectivity index (χ1v) is 8.02. The number of fused-ring (bicyclic) bond motifs is 1. The van der Waals surface area contributed by atoms with E-state index in [1.165, 1.54) is 24.3 Å². The van der Waals surface area contributed by atoms with Gasteiger partial charge in [0.15, 0.2) is 5.78 Å². The van der Waals surface area contributed by atoms with Crippen molar-refractivity contribution < 1.29 is 35.8 Å². The molecule has 0 aliphatic heterocycles. The molecule has 4 atom stereocenters. The van der Waals surface area contributed by atoms with Crippen molar-refractivity contribution in [3.8, 4) is 0 Å². The van der Waals surface area contributed by atoms with Crippen molar-refractivity contribution in [2.24, 2.45) is 0 Å². The number of carbonyl (C=O) groups is 2. The molecular formula is C18H21NO8. The number of hydrogen-bond acceptors (Lipinski definition) is 8. The Morgan fingerprint density at radius 2 is 1.93 bits per heavy atom. The van der Waals surface area contributed by atoms with E-state index in [1.54, 1.807) is 6.92 Å². The van der Waals surface area contributed by atoms with E-state index in [0.29, 0.717) is 10.9 Å². The summed E-state index contributed by atoms with van der Waals surface area (Å²) in [5.74, 6) is -1.74. The topological polar surface area (TPSA) is 157 Å². The van der Waals surface area contributed by atoms with Gasteiger partial charge in [-0.05, 0) is 18.6 Å². The van der Waals surface area contributed by atoms with E-state index in [-0.39, 0.29) is 11.1 Å². The van der Waals surface area contributed by atoms with Crippen molar-refractivity contribution in [3.63, 3.8) is 0 Å². The number of Topliss-reactive ketones (excluding diaryl/α,β-unsaturated/α-hetero) is 1. The Morgan fingerprint density at radius 3 is 2.56 bits per heavy atom. The van der Waals surface area contributed by atoms with E-state index < -0.39 is 55.2 Å². The van der Waals surface area contributed by atoms with Crippen LogP contribution in [0.3, 0.4) is 0 Å². The first-order valence-electron chi connectivity index (χ1n) is 8.72. The molecule has 27 heavy (non-hydrogen) atoms. The van der Waals surface area contributed by atoms with E-state index in [1.807, 2.05) is 0 Å². The minimum Gasteiger partial charge on any atom is -0.423 e. The standard InChI is InChI=1S/C18H21NO8/c1-8-5-14(23)27-13-6-10(3-4-11(8)13)16(24)15(19-9(2)21)18(26)17(25)12(22)7-20/h3-6,12,15,17-18,20,22,25-26H,7H2,1-2H3,(H,19,21)/t12-,15+,17-,18-/m1/s1/i2D. The Kier molecular flexibility index (Phi) is 5.97. The minimum absolute atomic E-state index is 0.0405. The lowest BCUT2D eigenvalue weighted by molar-refractivity contribution is -0.122. The zero-order chi connectivity index (χ0) is 21.0. The van der Waals surface area contributed by atoms with Gasteiger partial charge in [0.25, 0.3) is 0 Å². The van der Waals surface area contributed by atoms with Crippen LogP contribution >= 0.6 is 0 Å². The van der Waals surface area contributed by atoms with Gasteiger partial charge in [-0.1, -0.05) is 12.1 Å². The predicted octanol–water partition coefficient (Wildman–Crippen LogP) is -1.14. The van der Waals surface area contributed by atoms with Crippen molar-refractivity contribution in [3.05, 3.63) is 45.8 Å². The molecule has 5 N–H and O–H groups in total. The summed E-state index contributed by atoms with van der Waals surface area (Å²) < 4.78 is 12.1. The van der Waals surface area contributed by atoms with E-state index in [4.69, 9.17) is 10.9 Å². The van der Waals surface area contributed by atoms with E-state index >= 15 is 0 Å². The highest BCUT2D eigenvalue weighted by Crippen LogP contribution is 2.20. The van der Waals surface area contributed by atoms with Crippen LogP contribution in [-0.4, -0.2) is 63.1 Å². The summed E-state index contributed by atoms with van der Waals surface area (Å²) in [7, 11) is 0. The van der Waals surface area contributed by atoms with Crippen molar-refractivity contribution >= 4 is 22.7 Å². The molecule has 9 heteroatoms. The average Bonchev–Trinajstić information content (AvgIpc) is 2.68. The third-order valence-corrected chi connectivity index (χ3v) is 4.11. The Bertz CT molecular complexity index is 927. The molecule has 0 bridgehead atoms. The summed E-state index contributed by atoms with van der Waals surface area (Å²) in [6.45, 7) is 0.0707. The highest BCUT2D eigenvalue weighted by molar-refractivity contribution is 6.04. The highest BCUT2D eigenvalue weighted by atomic mass is 16.4. The Morgan fingerprint density at radius 1 is 1.22 bits per heavy atom. The third-order valence-electron chi connectivity index (χ3n) is 4.11. The molecule has 0 saturated heterocycles. The minimum atomic E-state index is -1.97. The summed E-state index contributed by atoms with van der Waals surface area (Å²) in [4.78, 5) is 36.0. The number of aliphatic hydroxyl groups is 4. The SMILES string of the molecule is [2H]CC(=O)N[C@@H](C(=O)c1ccc2c(C)cc(=O)oc2c1)[C@@H](O)[C@H](O)[C@H](O)CO. The van der Waals surface area contributed by atoms with Crippen LogP contribution in [0.15, 0.2) is 33.5 Å². The van der Waals surface area contributed by atoms with E-state index in [9.17, 15) is 29.7 Å². The Hall–Kier alpha value is -2.59. The maximum Gasteiger partial charge on any atom is 0.336 e. The Labute approximate surface area is 155 Å². The fourth-order valence-corrected chi connectivity index (χ4v) is 2.67. The van der Waals surface area contributed by atoms with Gasteiger partial charge in [0.05, 0.1) is 6.61 Å². The predicted molar refractivity (Wildman–Crippen MR) is 94.3 cm³/mol. The van der Waals surface area contributed by atoms with Gasteiger partial charge in [0.2, 0.25) is 5.91 Å². The van der Waals surface area contributed by atoms with Crippen LogP contribution in [-0.2, 0) is 4.79 Å².